The van der Waals surface area contributed by atoms with Crippen molar-refractivity contribution in [2.45, 2.75) is 6.92 Å². The van der Waals surface area contributed by atoms with E-state index in [0.717, 1.165) is 5.56 Å². The van der Waals surface area contributed by atoms with Crippen LogP contribution in [0.1, 0.15) is 6.92 Å². The van der Waals surface area contributed by atoms with Crippen LogP contribution in [0.3, 0.4) is 0 Å². The second-order valence-corrected chi connectivity index (χ2v) is 5.11. The van der Waals surface area contributed by atoms with Crippen LogP contribution in [0, 0.1) is 10.1 Å². The first-order chi connectivity index (χ1) is 12.1. The Morgan fingerprint density at radius 1 is 1.16 bits per heavy atom. The van der Waals surface area contributed by atoms with Crippen molar-refractivity contribution in [1.29, 1.82) is 0 Å². The van der Waals surface area contributed by atoms with Gasteiger partial charge in [-0.1, -0.05) is 12.1 Å². The van der Waals surface area contributed by atoms with Crippen molar-refractivity contribution in [2.75, 3.05) is 13.7 Å². The molecule has 0 atom stereocenters. The van der Waals surface area contributed by atoms with Crippen LogP contribution in [0.4, 0.5) is 5.69 Å². The van der Waals surface area contributed by atoms with Crippen LogP contribution in [0.25, 0.3) is 22.8 Å². The van der Waals surface area contributed by atoms with E-state index in [1.807, 2.05) is 13.0 Å². The molecule has 0 unspecified atom stereocenters. The number of H-pyrrole nitrogens is 1. The smallest absolute Gasteiger partial charge is 0.270 e. The fourth-order valence-electron chi connectivity index (χ4n) is 2.37. The van der Waals surface area contributed by atoms with Gasteiger partial charge in [0.1, 0.15) is 0 Å². The number of non-ortho nitro benzene ring substituents is 1. The van der Waals surface area contributed by atoms with Crippen molar-refractivity contribution in [3.8, 4) is 34.3 Å². The number of nitrogens with zero attached hydrogens (tertiary/aromatic N) is 3. The quantitative estimate of drug-likeness (QED) is 0.544. The van der Waals surface area contributed by atoms with Gasteiger partial charge in [-0.15, -0.1) is 0 Å². The molecular formula is C17H16N4O4. The van der Waals surface area contributed by atoms with E-state index in [1.54, 1.807) is 31.4 Å². The van der Waals surface area contributed by atoms with Crippen LogP contribution in [-0.2, 0) is 0 Å². The summed E-state index contributed by atoms with van der Waals surface area (Å²) in [5.74, 6) is 2.15. The summed E-state index contributed by atoms with van der Waals surface area (Å²) < 4.78 is 10.8. The molecule has 0 amide bonds. The van der Waals surface area contributed by atoms with Gasteiger partial charge in [0.15, 0.2) is 23.1 Å². The molecule has 0 saturated heterocycles. The monoisotopic (exact) mass is 340 g/mol. The molecule has 0 bridgehead atoms. The number of nitro groups is 1. The molecular weight excluding hydrogens is 324 g/mol. The SMILES string of the molecule is CCOc1cc(-c2nc(-c3cccc([N+](=O)[O-])c3)n[nH]2)ccc1OC. The Bertz CT molecular complexity index is 907. The lowest BCUT2D eigenvalue weighted by Crippen LogP contribution is -1.96. The highest BCUT2D eigenvalue weighted by Gasteiger charge is 2.13. The third-order valence-electron chi connectivity index (χ3n) is 3.54. The lowest BCUT2D eigenvalue weighted by Gasteiger charge is -2.09. The van der Waals surface area contributed by atoms with Crippen molar-refractivity contribution in [1.82, 2.24) is 15.2 Å². The lowest BCUT2D eigenvalue weighted by molar-refractivity contribution is -0.384. The lowest BCUT2D eigenvalue weighted by atomic mass is 10.2. The molecule has 1 heterocycles. The predicted molar refractivity (Wildman–Crippen MR) is 91.6 cm³/mol. The Morgan fingerprint density at radius 2 is 2.00 bits per heavy atom. The van der Waals surface area contributed by atoms with Gasteiger partial charge in [-0.3, -0.25) is 15.2 Å². The molecule has 1 aromatic heterocycles. The summed E-state index contributed by atoms with van der Waals surface area (Å²) in [5, 5.41) is 17.9. The number of methoxy groups -OCH3 is 1. The summed E-state index contributed by atoms with van der Waals surface area (Å²) in [6.45, 7) is 2.40. The van der Waals surface area contributed by atoms with E-state index in [1.165, 1.54) is 12.1 Å². The maximum atomic E-state index is 10.9. The number of hydrogen-bond donors (Lipinski definition) is 1. The first kappa shape index (κ1) is 16.4. The zero-order valence-corrected chi connectivity index (χ0v) is 13.7. The topological polar surface area (TPSA) is 103 Å². The highest BCUT2D eigenvalue weighted by atomic mass is 16.6. The normalized spacial score (nSPS) is 10.5. The minimum atomic E-state index is -0.450. The Morgan fingerprint density at radius 3 is 2.72 bits per heavy atom. The second kappa shape index (κ2) is 7.00. The van der Waals surface area contributed by atoms with Crippen molar-refractivity contribution in [3.05, 3.63) is 52.6 Å². The third kappa shape index (κ3) is 3.42. The molecule has 8 nitrogen and oxygen atoms in total. The fourth-order valence-corrected chi connectivity index (χ4v) is 2.37. The average molecular weight is 340 g/mol. The molecule has 3 rings (SSSR count). The van der Waals surface area contributed by atoms with Crippen LogP contribution in [0.5, 0.6) is 11.5 Å². The van der Waals surface area contributed by atoms with E-state index < -0.39 is 4.92 Å². The summed E-state index contributed by atoms with van der Waals surface area (Å²) in [5.41, 5.74) is 1.33. The number of nitrogens with one attached hydrogen (secondary N) is 1. The van der Waals surface area contributed by atoms with Gasteiger partial charge in [-0.05, 0) is 25.1 Å². The van der Waals surface area contributed by atoms with Gasteiger partial charge in [0.2, 0.25) is 0 Å². The van der Waals surface area contributed by atoms with E-state index in [-0.39, 0.29) is 5.69 Å². The summed E-state index contributed by atoms with van der Waals surface area (Å²) in [6.07, 6.45) is 0. The average Bonchev–Trinajstić information content (AvgIpc) is 3.12. The standard InChI is InChI=1S/C17H16N4O4/c1-3-25-15-10-12(7-8-14(15)24-2)17-18-16(19-20-17)11-5-4-6-13(9-11)21(22)23/h4-10H,3H2,1-2H3,(H,18,19,20). The first-order valence-electron chi connectivity index (χ1n) is 7.60. The fraction of sp³-hybridized carbons (Fsp3) is 0.176. The number of nitro benzene ring substituents is 1. The molecule has 0 aliphatic heterocycles. The van der Waals surface area contributed by atoms with Gasteiger partial charge in [0.25, 0.3) is 5.69 Å². The maximum absolute atomic E-state index is 10.9. The molecule has 2 aromatic carbocycles. The molecule has 0 aliphatic rings. The number of benzene rings is 2. The van der Waals surface area contributed by atoms with E-state index in [9.17, 15) is 10.1 Å². The molecule has 128 valence electrons. The minimum Gasteiger partial charge on any atom is -0.493 e. The van der Waals surface area contributed by atoms with Crippen molar-refractivity contribution < 1.29 is 14.4 Å². The van der Waals surface area contributed by atoms with Gasteiger partial charge in [-0.2, -0.15) is 5.10 Å². The van der Waals surface area contributed by atoms with Gasteiger partial charge in [-0.25, -0.2) is 4.98 Å². The first-order valence-corrected chi connectivity index (χ1v) is 7.60. The number of rotatable bonds is 6. The second-order valence-electron chi connectivity index (χ2n) is 5.11. The number of aromatic nitrogens is 3. The molecule has 0 fully saturated rings. The van der Waals surface area contributed by atoms with Crippen LogP contribution in [0.15, 0.2) is 42.5 Å². The highest BCUT2D eigenvalue weighted by Crippen LogP contribution is 2.32. The number of ether oxygens (including phenoxy) is 2. The molecule has 3 aromatic rings. The van der Waals surface area contributed by atoms with Crippen molar-refractivity contribution in [3.63, 3.8) is 0 Å². The van der Waals surface area contributed by atoms with Gasteiger partial charge in [0.05, 0.1) is 18.6 Å². The molecule has 1 N–H and O–H groups in total. The summed E-state index contributed by atoms with van der Waals surface area (Å²) in [7, 11) is 1.58. The zero-order chi connectivity index (χ0) is 17.8. The van der Waals surface area contributed by atoms with Crippen molar-refractivity contribution >= 4 is 5.69 Å². The van der Waals surface area contributed by atoms with E-state index in [2.05, 4.69) is 15.2 Å². The largest absolute Gasteiger partial charge is 0.493 e. The Kier molecular flexibility index (Phi) is 4.60. The highest BCUT2D eigenvalue weighted by molar-refractivity contribution is 5.65. The molecule has 0 spiro atoms. The Hall–Kier alpha value is -3.42. The third-order valence-corrected chi connectivity index (χ3v) is 3.54. The number of aromatic amines is 1. The Balaban J connectivity index is 1.95. The summed E-state index contributed by atoms with van der Waals surface area (Å²) >= 11 is 0. The molecule has 25 heavy (non-hydrogen) atoms. The summed E-state index contributed by atoms with van der Waals surface area (Å²) in [6, 6.07) is 11.6. The predicted octanol–water partition coefficient (Wildman–Crippen LogP) is 3.45. The van der Waals surface area contributed by atoms with Gasteiger partial charge < -0.3 is 9.47 Å². The molecule has 0 radical (unpaired) electrons. The molecule has 0 saturated carbocycles. The minimum absolute atomic E-state index is 0.00747. The molecule has 0 aliphatic carbocycles. The molecule has 8 heteroatoms. The Labute approximate surface area is 143 Å². The van der Waals surface area contributed by atoms with Crippen molar-refractivity contribution in [2.24, 2.45) is 0 Å². The van der Waals surface area contributed by atoms with Crippen LogP contribution in [0.2, 0.25) is 0 Å². The van der Waals surface area contributed by atoms with E-state index >= 15 is 0 Å². The van der Waals surface area contributed by atoms with Crippen LogP contribution < -0.4 is 9.47 Å². The van der Waals surface area contributed by atoms with Crippen LogP contribution >= 0.6 is 0 Å². The zero-order valence-electron chi connectivity index (χ0n) is 13.7. The van der Waals surface area contributed by atoms with E-state index in [0.29, 0.717) is 35.3 Å². The van der Waals surface area contributed by atoms with Crippen LogP contribution in [-0.4, -0.2) is 33.8 Å². The van der Waals surface area contributed by atoms with Gasteiger partial charge >= 0.3 is 0 Å². The summed E-state index contributed by atoms with van der Waals surface area (Å²) in [4.78, 5) is 14.9. The van der Waals surface area contributed by atoms with E-state index in [4.69, 9.17) is 9.47 Å². The number of hydrogen-bond acceptors (Lipinski definition) is 6. The maximum Gasteiger partial charge on any atom is 0.270 e. The van der Waals surface area contributed by atoms with Gasteiger partial charge in [0, 0.05) is 23.3 Å².